The lowest BCUT2D eigenvalue weighted by Gasteiger charge is -2.36. The first kappa shape index (κ1) is 34.6. The minimum absolute atomic E-state index is 0.0844. The van der Waals surface area contributed by atoms with Gasteiger partial charge in [-0.3, -0.25) is 9.59 Å². The molecule has 1 aliphatic carbocycles. The number of nitrogens with zero attached hydrogens (tertiary/aromatic N) is 3. The van der Waals surface area contributed by atoms with Gasteiger partial charge >= 0.3 is 5.97 Å². The van der Waals surface area contributed by atoms with Crippen LogP contribution in [0.3, 0.4) is 0 Å². The van der Waals surface area contributed by atoms with Crippen molar-refractivity contribution in [3.8, 4) is 0 Å². The van der Waals surface area contributed by atoms with Gasteiger partial charge in [-0.15, -0.1) is 11.8 Å². The zero-order valence-corrected chi connectivity index (χ0v) is 29.4. The molecule has 0 unspecified atom stereocenters. The van der Waals surface area contributed by atoms with Crippen molar-refractivity contribution in [1.29, 1.82) is 0 Å². The molecule has 7 rings (SSSR count). The molecule has 1 saturated carbocycles. The first-order valence-corrected chi connectivity index (χ1v) is 18.8. The summed E-state index contributed by atoms with van der Waals surface area (Å²) in [6.45, 7) is 1.94. The van der Waals surface area contributed by atoms with Crippen LogP contribution in [0.2, 0.25) is 0 Å². The lowest BCUT2D eigenvalue weighted by atomic mass is 9.84. The van der Waals surface area contributed by atoms with Gasteiger partial charge in [-0.05, 0) is 60.3 Å². The number of fused-ring (bicyclic) bond motifs is 1. The van der Waals surface area contributed by atoms with E-state index in [4.69, 9.17) is 0 Å². The Hall–Kier alpha value is -4.89. The first-order valence-electron chi connectivity index (χ1n) is 17.8. The summed E-state index contributed by atoms with van der Waals surface area (Å²) in [4.78, 5) is 41.6. The lowest BCUT2D eigenvalue weighted by Crippen LogP contribution is -2.49. The SMILES string of the molecule is O=C(O)c1cn(C2CC2)c2cc(N3CCN(C(=O)CCCCCSC(c4ccccc4)(c4ccccc4)c4ccccc4)CC3)c(F)cc2c1=O. The van der Waals surface area contributed by atoms with E-state index in [9.17, 15) is 19.5 Å². The highest BCUT2D eigenvalue weighted by Gasteiger charge is 2.36. The van der Waals surface area contributed by atoms with Gasteiger partial charge in [0.05, 0.1) is 16.0 Å². The van der Waals surface area contributed by atoms with Gasteiger partial charge in [0, 0.05) is 50.2 Å². The molecule has 0 atom stereocenters. The van der Waals surface area contributed by atoms with Crippen molar-refractivity contribution < 1.29 is 19.1 Å². The second-order valence-electron chi connectivity index (χ2n) is 13.4. The maximum atomic E-state index is 15.4. The number of aromatic nitrogens is 1. The normalized spacial score (nSPS) is 14.9. The Morgan fingerprint density at radius 2 is 1.35 bits per heavy atom. The zero-order valence-electron chi connectivity index (χ0n) is 28.5. The molecule has 51 heavy (non-hydrogen) atoms. The highest BCUT2D eigenvalue weighted by Crippen LogP contribution is 2.48. The van der Waals surface area contributed by atoms with Gasteiger partial charge in [-0.2, -0.15) is 0 Å². The molecule has 7 nitrogen and oxygen atoms in total. The third-order valence-corrected chi connectivity index (χ3v) is 11.8. The summed E-state index contributed by atoms with van der Waals surface area (Å²) in [6.07, 6.45) is 6.40. The Morgan fingerprint density at radius 3 is 1.88 bits per heavy atom. The van der Waals surface area contributed by atoms with E-state index in [2.05, 4.69) is 91.0 Å². The van der Waals surface area contributed by atoms with Gasteiger partial charge < -0.3 is 19.5 Å². The Bertz CT molecular complexity index is 1960. The number of unbranched alkanes of at least 4 members (excludes halogenated alkanes) is 2. The molecule has 1 saturated heterocycles. The maximum Gasteiger partial charge on any atom is 0.341 e. The highest BCUT2D eigenvalue weighted by molar-refractivity contribution is 8.00. The van der Waals surface area contributed by atoms with Crippen molar-refractivity contribution in [2.75, 3.05) is 36.8 Å². The first-order chi connectivity index (χ1) is 24.9. The molecule has 2 fully saturated rings. The van der Waals surface area contributed by atoms with E-state index < -0.39 is 17.2 Å². The van der Waals surface area contributed by atoms with Crippen molar-refractivity contribution >= 4 is 40.2 Å². The Morgan fingerprint density at radius 1 is 0.784 bits per heavy atom. The minimum atomic E-state index is -1.31. The molecule has 2 heterocycles. The molecule has 4 aromatic carbocycles. The molecule has 0 radical (unpaired) electrons. The maximum absolute atomic E-state index is 15.4. The summed E-state index contributed by atoms with van der Waals surface area (Å²) in [7, 11) is 0. The van der Waals surface area contributed by atoms with Crippen molar-refractivity contribution in [2.24, 2.45) is 0 Å². The largest absolute Gasteiger partial charge is 0.477 e. The number of carbonyl (C=O) groups excluding carboxylic acids is 1. The number of anilines is 1. The Balaban J connectivity index is 0.951. The molecular weight excluding hydrogens is 662 g/mol. The monoisotopic (exact) mass is 703 g/mol. The summed E-state index contributed by atoms with van der Waals surface area (Å²) < 4.78 is 16.9. The van der Waals surface area contributed by atoms with Crippen LogP contribution in [0, 0.1) is 5.82 Å². The number of aromatic carboxylic acids is 1. The van der Waals surface area contributed by atoms with E-state index in [1.807, 2.05) is 26.1 Å². The second kappa shape index (κ2) is 15.2. The van der Waals surface area contributed by atoms with Gasteiger partial charge in [0.25, 0.3) is 0 Å². The third kappa shape index (κ3) is 7.17. The van der Waals surface area contributed by atoms with Crippen molar-refractivity contribution in [1.82, 2.24) is 9.47 Å². The number of carboxylic acids is 1. The van der Waals surface area contributed by atoms with Crippen LogP contribution in [0.5, 0.6) is 0 Å². The minimum Gasteiger partial charge on any atom is -0.477 e. The number of thioether (sulfide) groups is 1. The molecule has 1 amide bonds. The zero-order chi connectivity index (χ0) is 35.4. The summed E-state index contributed by atoms with van der Waals surface area (Å²) in [5.74, 6) is -0.804. The van der Waals surface area contributed by atoms with Crippen LogP contribution in [0.4, 0.5) is 10.1 Å². The Labute approximate surface area is 301 Å². The highest BCUT2D eigenvalue weighted by atomic mass is 32.2. The standard InChI is InChI=1S/C42H42FN3O4S/c43-36-27-34-37(46(33-20-21-33)29-35(40(34)48)41(49)50)28-38(36)44-22-24-45(25-23-44)39(47)19-11-4-12-26-51-42(30-13-5-1-6-14-30,31-15-7-2-8-16-31)32-17-9-3-10-18-32/h1-3,5-10,13-18,27-29,33H,4,11-12,19-26H2,(H,49,50). The molecule has 2 aliphatic rings. The molecule has 0 spiro atoms. The topological polar surface area (TPSA) is 82.8 Å². The average molecular weight is 704 g/mol. The lowest BCUT2D eigenvalue weighted by molar-refractivity contribution is -0.131. The van der Waals surface area contributed by atoms with Crippen molar-refractivity contribution in [2.45, 2.75) is 49.3 Å². The fourth-order valence-corrected chi connectivity index (χ4v) is 8.87. The van der Waals surface area contributed by atoms with E-state index >= 15 is 4.39 Å². The number of benzene rings is 4. The Kier molecular flexibility index (Phi) is 10.3. The van der Waals surface area contributed by atoms with E-state index in [0.717, 1.165) is 37.9 Å². The van der Waals surface area contributed by atoms with Crippen molar-refractivity contribution in [3.63, 3.8) is 0 Å². The van der Waals surface area contributed by atoms with Crippen LogP contribution >= 0.6 is 11.8 Å². The summed E-state index contributed by atoms with van der Waals surface area (Å²) in [5.41, 5.74) is 3.65. The number of pyridine rings is 1. The van der Waals surface area contributed by atoms with Crippen LogP contribution in [0.1, 0.15) is 71.6 Å². The molecule has 262 valence electrons. The van der Waals surface area contributed by atoms with E-state index in [1.54, 1.807) is 6.07 Å². The predicted octanol–water partition coefficient (Wildman–Crippen LogP) is 8.11. The fraction of sp³-hybridized carbons (Fsp3) is 0.310. The molecule has 1 aromatic heterocycles. The van der Waals surface area contributed by atoms with Crippen LogP contribution in [-0.4, -0.2) is 58.4 Å². The number of piperazine rings is 1. The molecule has 5 aromatic rings. The van der Waals surface area contributed by atoms with E-state index in [1.165, 1.54) is 29.0 Å². The summed E-state index contributed by atoms with van der Waals surface area (Å²) in [6, 6.07) is 35.0. The smallest absolute Gasteiger partial charge is 0.341 e. The average Bonchev–Trinajstić information content (AvgIpc) is 4.02. The number of rotatable bonds is 13. The molecule has 1 N–H and O–H groups in total. The summed E-state index contributed by atoms with van der Waals surface area (Å²) in [5, 5.41) is 9.62. The van der Waals surface area contributed by atoms with Gasteiger partial charge in [-0.25, -0.2) is 9.18 Å². The molecular formula is C42H42FN3O4S. The van der Waals surface area contributed by atoms with E-state index in [-0.39, 0.29) is 27.6 Å². The third-order valence-electron chi connectivity index (χ3n) is 10.1. The molecule has 9 heteroatoms. The predicted molar refractivity (Wildman–Crippen MR) is 202 cm³/mol. The molecule has 0 bridgehead atoms. The van der Waals surface area contributed by atoms with Crippen LogP contribution in [0.25, 0.3) is 10.9 Å². The number of hydrogen-bond acceptors (Lipinski definition) is 5. The number of carboxylic acid groups (broad SMARTS) is 1. The summed E-state index contributed by atoms with van der Waals surface area (Å²) >= 11 is 1.95. The van der Waals surface area contributed by atoms with Gasteiger partial charge in [0.1, 0.15) is 11.4 Å². The number of hydrogen-bond donors (Lipinski definition) is 1. The van der Waals surface area contributed by atoms with Crippen LogP contribution in [0.15, 0.2) is 114 Å². The van der Waals surface area contributed by atoms with Crippen LogP contribution < -0.4 is 10.3 Å². The van der Waals surface area contributed by atoms with Gasteiger partial charge in [0.15, 0.2) is 0 Å². The van der Waals surface area contributed by atoms with Gasteiger partial charge in [0.2, 0.25) is 11.3 Å². The number of amides is 1. The molecule has 1 aliphatic heterocycles. The van der Waals surface area contributed by atoms with Crippen LogP contribution in [-0.2, 0) is 9.54 Å². The fourth-order valence-electron chi connectivity index (χ4n) is 7.31. The van der Waals surface area contributed by atoms with Gasteiger partial charge in [-0.1, -0.05) is 97.4 Å². The number of halogens is 1. The second-order valence-corrected chi connectivity index (χ2v) is 14.8. The van der Waals surface area contributed by atoms with E-state index in [0.29, 0.717) is 43.8 Å². The number of carbonyl (C=O) groups is 2. The quantitative estimate of drug-likeness (QED) is 0.0986. The van der Waals surface area contributed by atoms with Crippen molar-refractivity contribution in [3.05, 3.63) is 148 Å².